The number of carbonyl (C=O) groups excluding carboxylic acids is 2. The highest BCUT2D eigenvalue weighted by molar-refractivity contribution is 7.12. The highest BCUT2D eigenvalue weighted by Gasteiger charge is 2.41. The van der Waals surface area contributed by atoms with E-state index < -0.39 is 0 Å². The highest BCUT2D eigenvalue weighted by atomic mass is 32.1. The third-order valence-electron chi connectivity index (χ3n) is 5.78. The quantitative estimate of drug-likeness (QED) is 0.837. The van der Waals surface area contributed by atoms with Gasteiger partial charge in [0.1, 0.15) is 0 Å². The Hall–Kier alpha value is -1.36. The van der Waals surface area contributed by atoms with Gasteiger partial charge < -0.3 is 9.80 Å². The fourth-order valence-corrected chi connectivity index (χ4v) is 4.98. The zero-order chi connectivity index (χ0) is 16.5. The summed E-state index contributed by atoms with van der Waals surface area (Å²) >= 11 is 1.50. The van der Waals surface area contributed by atoms with Crippen LogP contribution >= 0.6 is 11.3 Å². The van der Waals surface area contributed by atoms with Crippen molar-refractivity contribution in [3.05, 3.63) is 22.4 Å². The largest absolute Gasteiger partial charge is 0.338 e. The zero-order valence-corrected chi connectivity index (χ0v) is 15.0. The number of amides is 2. The predicted molar refractivity (Wildman–Crippen MR) is 95.1 cm³/mol. The fourth-order valence-electron chi connectivity index (χ4n) is 4.29. The van der Waals surface area contributed by atoms with Crippen molar-refractivity contribution in [3.63, 3.8) is 0 Å². The van der Waals surface area contributed by atoms with Crippen LogP contribution in [0.2, 0.25) is 0 Å². The lowest BCUT2D eigenvalue weighted by Gasteiger charge is -2.36. The van der Waals surface area contributed by atoms with Crippen LogP contribution in [-0.2, 0) is 4.79 Å². The van der Waals surface area contributed by atoms with E-state index in [1.165, 1.54) is 49.9 Å². The molecule has 4 nitrogen and oxygen atoms in total. The second-order valence-electron chi connectivity index (χ2n) is 7.46. The minimum absolute atomic E-state index is 0.124. The summed E-state index contributed by atoms with van der Waals surface area (Å²) in [6.45, 7) is 1.44. The van der Waals surface area contributed by atoms with Crippen molar-refractivity contribution in [1.29, 1.82) is 0 Å². The van der Waals surface area contributed by atoms with Gasteiger partial charge in [0, 0.05) is 31.1 Å². The molecule has 1 aromatic heterocycles. The van der Waals surface area contributed by atoms with E-state index in [1.54, 1.807) is 0 Å². The maximum Gasteiger partial charge on any atom is 0.263 e. The van der Waals surface area contributed by atoms with Crippen LogP contribution in [0.4, 0.5) is 0 Å². The lowest BCUT2D eigenvalue weighted by molar-refractivity contribution is -0.140. The molecular weight excluding hydrogens is 320 g/mol. The summed E-state index contributed by atoms with van der Waals surface area (Å²) < 4.78 is 0. The van der Waals surface area contributed by atoms with Crippen LogP contribution in [0.3, 0.4) is 0 Å². The molecule has 0 spiro atoms. The molecule has 4 rings (SSSR count). The number of hydrogen-bond acceptors (Lipinski definition) is 3. The first-order chi connectivity index (χ1) is 11.7. The van der Waals surface area contributed by atoms with Crippen LogP contribution in [0.25, 0.3) is 0 Å². The van der Waals surface area contributed by atoms with Crippen LogP contribution in [0, 0.1) is 5.92 Å². The van der Waals surface area contributed by atoms with Crippen molar-refractivity contribution < 1.29 is 9.59 Å². The van der Waals surface area contributed by atoms with Crippen LogP contribution in [-0.4, -0.2) is 46.8 Å². The SMILES string of the molecule is O=C(c1cccs1)N1CCC(C(=O)N(C2CCCC2)C2CC2)CC1. The maximum absolute atomic E-state index is 13.1. The molecule has 0 N–H and O–H groups in total. The van der Waals surface area contributed by atoms with Crippen LogP contribution in [0.5, 0.6) is 0 Å². The molecule has 0 aromatic carbocycles. The lowest BCUT2D eigenvalue weighted by Crippen LogP contribution is -2.48. The van der Waals surface area contributed by atoms with Gasteiger partial charge in [-0.3, -0.25) is 9.59 Å². The summed E-state index contributed by atoms with van der Waals surface area (Å²) in [7, 11) is 0. The molecule has 1 aliphatic heterocycles. The predicted octanol–water partition coefficient (Wildman–Crippen LogP) is 3.53. The molecule has 130 valence electrons. The van der Waals surface area contributed by atoms with E-state index in [4.69, 9.17) is 0 Å². The molecule has 24 heavy (non-hydrogen) atoms. The Morgan fingerprint density at radius 3 is 2.25 bits per heavy atom. The van der Waals surface area contributed by atoms with E-state index in [2.05, 4.69) is 4.90 Å². The van der Waals surface area contributed by atoms with E-state index in [9.17, 15) is 9.59 Å². The van der Waals surface area contributed by atoms with Gasteiger partial charge >= 0.3 is 0 Å². The number of piperidine rings is 1. The molecule has 3 aliphatic rings. The zero-order valence-electron chi connectivity index (χ0n) is 14.2. The normalized spacial score (nSPS) is 22.8. The summed E-state index contributed by atoms with van der Waals surface area (Å²) in [5.74, 6) is 0.636. The molecule has 5 heteroatoms. The molecule has 2 saturated carbocycles. The second-order valence-corrected chi connectivity index (χ2v) is 8.41. The van der Waals surface area contributed by atoms with Crippen LogP contribution < -0.4 is 0 Å². The average molecular weight is 346 g/mol. The molecule has 2 heterocycles. The first-order valence-electron chi connectivity index (χ1n) is 9.39. The van der Waals surface area contributed by atoms with Gasteiger partial charge in [0.05, 0.1) is 4.88 Å². The average Bonchev–Trinajstić information content (AvgIpc) is 3.07. The molecule has 1 aromatic rings. The van der Waals surface area contributed by atoms with Crippen LogP contribution in [0.15, 0.2) is 17.5 Å². The number of nitrogens with zero attached hydrogens (tertiary/aromatic N) is 2. The Bertz CT molecular complexity index is 583. The molecule has 1 saturated heterocycles. The Labute approximate surface area is 147 Å². The fraction of sp³-hybridized carbons (Fsp3) is 0.684. The van der Waals surface area contributed by atoms with Crippen molar-refractivity contribution in [3.8, 4) is 0 Å². The summed E-state index contributed by atoms with van der Waals surface area (Å²) in [5.41, 5.74) is 0. The number of likely N-dealkylation sites (tertiary alicyclic amines) is 1. The van der Waals surface area contributed by atoms with E-state index in [0.29, 0.717) is 18.0 Å². The van der Waals surface area contributed by atoms with E-state index in [-0.39, 0.29) is 11.8 Å². The van der Waals surface area contributed by atoms with Gasteiger partial charge in [-0.05, 0) is 50.0 Å². The third-order valence-corrected chi connectivity index (χ3v) is 6.63. The molecule has 0 atom stereocenters. The molecule has 2 aliphatic carbocycles. The van der Waals surface area contributed by atoms with Gasteiger partial charge in [-0.25, -0.2) is 0 Å². The molecule has 2 amide bonds. The van der Waals surface area contributed by atoms with Crippen molar-refractivity contribution >= 4 is 23.2 Å². The minimum atomic E-state index is 0.124. The van der Waals surface area contributed by atoms with E-state index in [0.717, 1.165) is 30.8 Å². The first-order valence-corrected chi connectivity index (χ1v) is 10.3. The van der Waals surface area contributed by atoms with Gasteiger partial charge in [0.15, 0.2) is 0 Å². The number of hydrogen-bond donors (Lipinski definition) is 0. The third kappa shape index (κ3) is 3.23. The monoisotopic (exact) mass is 346 g/mol. The molecule has 3 fully saturated rings. The summed E-state index contributed by atoms with van der Waals surface area (Å²) in [5, 5.41) is 1.94. The van der Waals surface area contributed by atoms with Crippen molar-refractivity contribution in [2.24, 2.45) is 5.92 Å². The minimum Gasteiger partial charge on any atom is -0.338 e. The standard InChI is InChI=1S/C19H26N2O2S/c22-18(21(16-7-8-16)15-4-1-2-5-15)14-9-11-20(12-10-14)19(23)17-6-3-13-24-17/h3,6,13-16H,1-2,4-5,7-12H2. The van der Waals surface area contributed by atoms with Gasteiger partial charge in [-0.15, -0.1) is 11.3 Å². The van der Waals surface area contributed by atoms with E-state index >= 15 is 0 Å². The topological polar surface area (TPSA) is 40.6 Å². The van der Waals surface area contributed by atoms with Crippen molar-refractivity contribution in [2.45, 2.75) is 63.5 Å². The second kappa shape index (κ2) is 6.87. The highest BCUT2D eigenvalue weighted by Crippen LogP contribution is 2.36. The van der Waals surface area contributed by atoms with Gasteiger partial charge in [0.25, 0.3) is 5.91 Å². The van der Waals surface area contributed by atoms with E-state index in [1.807, 2.05) is 22.4 Å². The van der Waals surface area contributed by atoms with Crippen molar-refractivity contribution in [1.82, 2.24) is 9.80 Å². The molecule has 0 bridgehead atoms. The summed E-state index contributed by atoms with van der Waals surface area (Å²) in [6.07, 6.45) is 8.97. The number of rotatable bonds is 4. The Morgan fingerprint density at radius 1 is 1.00 bits per heavy atom. The van der Waals surface area contributed by atoms with Gasteiger partial charge in [-0.2, -0.15) is 0 Å². The summed E-state index contributed by atoms with van der Waals surface area (Å²) in [4.78, 5) is 30.5. The van der Waals surface area contributed by atoms with Gasteiger partial charge in [-0.1, -0.05) is 18.9 Å². The van der Waals surface area contributed by atoms with Crippen molar-refractivity contribution in [2.75, 3.05) is 13.1 Å². The Morgan fingerprint density at radius 2 is 1.67 bits per heavy atom. The summed E-state index contributed by atoms with van der Waals surface area (Å²) in [6, 6.07) is 4.82. The first kappa shape index (κ1) is 16.1. The smallest absolute Gasteiger partial charge is 0.263 e. The number of thiophene rings is 1. The Balaban J connectivity index is 1.36. The lowest BCUT2D eigenvalue weighted by atomic mass is 9.94. The number of carbonyl (C=O) groups is 2. The maximum atomic E-state index is 13.1. The molecule has 0 unspecified atom stereocenters. The Kier molecular flexibility index (Phi) is 4.61. The van der Waals surface area contributed by atoms with Crippen LogP contribution in [0.1, 0.15) is 61.0 Å². The molecular formula is C19H26N2O2S. The molecule has 0 radical (unpaired) electrons. The van der Waals surface area contributed by atoms with Gasteiger partial charge in [0.2, 0.25) is 5.91 Å².